The van der Waals surface area contributed by atoms with Crippen molar-refractivity contribution < 1.29 is 14.3 Å². The summed E-state index contributed by atoms with van der Waals surface area (Å²) in [7, 11) is 3.00. The first-order valence-corrected chi connectivity index (χ1v) is 6.40. The van der Waals surface area contributed by atoms with Gasteiger partial charge in [0.25, 0.3) is 0 Å². The summed E-state index contributed by atoms with van der Waals surface area (Å²) in [6.07, 6.45) is 3.48. The average Bonchev–Trinajstić information content (AvgIpc) is 2.50. The maximum Gasteiger partial charge on any atom is 0.327 e. The summed E-state index contributed by atoms with van der Waals surface area (Å²) < 4.78 is 9.88. The number of methoxy groups -OCH3 is 2. The molecule has 2 aromatic rings. The van der Waals surface area contributed by atoms with E-state index in [4.69, 9.17) is 9.47 Å². The Kier molecular flexibility index (Phi) is 5.03. The van der Waals surface area contributed by atoms with Crippen LogP contribution >= 0.6 is 0 Å². The Balaban J connectivity index is 2.37. The number of ether oxygens (including phenoxy) is 2. The summed E-state index contributed by atoms with van der Waals surface area (Å²) in [5, 5.41) is 5.12. The van der Waals surface area contributed by atoms with Gasteiger partial charge in [0.2, 0.25) is 0 Å². The summed E-state index contributed by atoms with van der Waals surface area (Å²) in [6.45, 7) is 1.07. The molecule has 0 aliphatic rings. The quantitative estimate of drug-likeness (QED) is 0.641. The Labute approximate surface area is 117 Å². The van der Waals surface area contributed by atoms with Crippen LogP contribution in [0.2, 0.25) is 0 Å². The van der Waals surface area contributed by atoms with E-state index in [0.717, 1.165) is 16.3 Å². The van der Waals surface area contributed by atoms with E-state index in [-0.39, 0.29) is 5.97 Å². The molecule has 5 nitrogen and oxygen atoms in total. The number of carbonyl (C=O) groups is 1. The van der Waals surface area contributed by atoms with E-state index in [0.29, 0.717) is 13.2 Å². The summed E-state index contributed by atoms with van der Waals surface area (Å²) in [5.41, 5.74) is 0.811. The molecule has 1 heterocycles. The van der Waals surface area contributed by atoms with Crippen molar-refractivity contribution in [2.75, 3.05) is 27.4 Å². The zero-order valence-corrected chi connectivity index (χ0v) is 11.6. The van der Waals surface area contributed by atoms with Crippen LogP contribution in [0.1, 0.15) is 11.6 Å². The second kappa shape index (κ2) is 6.98. The van der Waals surface area contributed by atoms with E-state index in [2.05, 4.69) is 10.3 Å². The van der Waals surface area contributed by atoms with E-state index >= 15 is 0 Å². The Morgan fingerprint density at radius 3 is 2.85 bits per heavy atom. The molecular weight excluding hydrogens is 256 g/mol. The molecule has 106 valence electrons. The highest BCUT2D eigenvalue weighted by Gasteiger charge is 2.22. The number of carbonyl (C=O) groups excluding carboxylic acids is 1. The van der Waals surface area contributed by atoms with Gasteiger partial charge in [0.15, 0.2) is 0 Å². The second-order valence-electron chi connectivity index (χ2n) is 4.35. The monoisotopic (exact) mass is 274 g/mol. The van der Waals surface area contributed by atoms with Crippen molar-refractivity contribution in [3.8, 4) is 0 Å². The summed E-state index contributed by atoms with van der Waals surface area (Å²) in [5.74, 6) is -0.334. The summed E-state index contributed by atoms with van der Waals surface area (Å²) in [6, 6.07) is 7.28. The zero-order chi connectivity index (χ0) is 14.4. The van der Waals surface area contributed by atoms with Crippen molar-refractivity contribution in [1.29, 1.82) is 0 Å². The molecule has 1 aromatic heterocycles. The van der Waals surface area contributed by atoms with Gasteiger partial charge in [-0.05, 0) is 5.39 Å². The van der Waals surface area contributed by atoms with Crippen molar-refractivity contribution in [3.05, 3.63) is 42.2 Å². The van der Waals surface area contributed by atoms with Gasteiger partial charge < -0.3 is 9.47 Å². The van der Waals surface area contributed by atoms with Gasteiger partial charge in [-0.25, -0.2) is 4.79 Å². The maximum atomic E-state index is 12.0. The van der Waals surface area contributed by atoms with E-state index in [1.165, 1.54) is 7.11 Å². The van der Waals surface area contributed by atoms with Gasteiger partial charge in [-0.3, -0.25) is 10.3 Å². The fourth-order valence-electron chi connectivity index (χ4n) is 2.11. The number of rotatable bonds is 6. The van der Waals surface area contributed by atoms with Gasteiger partial charge >= 0.3 is 5.97 Å². The average molecular weight is 274 g/mol. The normalized spacial score (nSPS) is 12.3. The first kappa shape index (κ1) is 14.4. The second-order valence-corrected chi connectivity index (χ2v) is 4.35. The van der Waals surface area contributed by atoms with Crippen LogP contribution in [0, 0.1) is 0 Å². The first-order valence-electron chi connectivity index (χ1n) is 6.40. The van der Waals surface area contributed by atoms with E-state index in [9.17, 15) is 4.79 Å². The largest absolute Gasteiger partial charge is 0.468 e. The molecule has 20 heavy (non-hydrogen) atoms. The lowest BCUT2D eigenvalue weighted by Gasteiger charge is -2.18. The van der Waals surface area contributed by atoms with Gasteiger partial charge in [-0.2, -0.15) is 0 Å². The molecule has 1 N–H and O–H groups in total. The van der Waals surface area contributed by atoms with Crippen molar-refractivity contribution in [1.82, 2.24) is 10.3 Å². The fourth-order valence-corrected chi connectivity index (χ4v) is 2.11. The van der Waals surface area contributed by atoms with Crippen molar-refractivity contribution in [2.24, 2.45) is 0 Å². The molecule has 1 aromatic carbocycles. The van der Waals surface area contributed by atoms with E-state index < -0.39 is 6.04 Å². The first-order chi connectivity index (χ1) is 9.77. The SMILES string of the molecule is COCCNC(C(=O)OC)c1cncc2ccccc12. The fraction of sp³-hybridized carbons (Fsp3) is 0.333. The minimum atomic E-state index is -0.547. The maximum absolute atomic E-state index is 12.0. The number of benzene rings is 1. The molecule has 0 saturated carbocycles. The number of pyridine rings is 1. The third kappa shape index (κ3) is 3.12. The topological polar surface area (TPSA) is 60.5 Å². The van der Waals surface area contributed by atoms with Crippen molar-refractivity contribution >= 4 is 16.7 Å². The molecule has 1 atom stereocenters. The van der Waals surface area contributed by atoms with Crippen LogP contribution in [0.4, 0.5) is 0 Å². The third-order valence-electron chi connectivity index (χ3n) is 3.10. The minimum Gasteiger partial charge on any atom is -0.468 e. The number of fused-ring (bicyclic) bond motifs is 1. The Hall–Kier alpha value is -1.98. The van der Waals surface area contributed by atoms with Gasteiger partial charge in [0.05, 0.1) is 13.7 Å². The highest BCUT2D eigenvalue weighted by molar-refractivity contribution is 5.90. The highest BCUT2D eigenvalue weighted by Crippen LogP contribution is 2.23. The highest BCUT2D eigenvalue weighted by atomic mass is 16.5. The molecule has 0 spiro atoms. The molecule has 5 heteroatoms. The zero-order valence-electron chi connectivity index (χ0n) is 11.6. The van der Waals surface area contributed by atoms with Crippen LogP contribution in [0.15, 0.2) is 36.7 Å². The summed E-state index contributed by atoms with van der Waals surface area (Å²) >= 11 is 0. The number of hydrogen-bond acceptors (Lipinski definition) is 5. The number of esters is 1. The van der Waals surface area contributed by atoms with Crippen LogP contribution in [0.5, 0.6) is 0 Å². The molecule has 0 aliphatic carbocycles. The lowest BCUT2D eigenvalue weighted by Crippen LogP contribution is -2.32. The van der Waals surface area contributed by atoms with Crippen LogP contribution < -0.4 is 5.32 Å². The molecule has 1 unspecified atom stereocenters. The molecule has 0 radical (unpaired) electrons. The molecular formula is C15H18N2O3. The molecule has 0 bridgehead atoms. The molecule has 0 saturated heterocycles. The lowest BCUT2D eigenvalue weighted by atomic mass is 10.0. The van der Waals surface area contributed by atoms with Gasteiger partial charge in [0, 0.05) is 37.0 Å². The van der Waals surface area contributed by atoms with Gasteiger partial charge in [-0.1, -0.05) is 24.3 Å². The predicted molar refractivity (Wildman–Crippen MR) is 76.4 cm³/mol. The Morgan fingerprint density at radius 1 is 1.30 bits per heavy atom. The van der Waals surface area contributed by atoms with Crippen LogP contribution in [0.25, 0.3) is 10.8 Å². The number of aromatic nitrogens is 1. The third-order valence-corrected chi connectivity index (χ3v) is 3.10. The van der Waals surface area contributed by atoms with Gasteiger partial charge in [-0.15, -0.1) is 0 Å². The summed E-state index contributed by atoms with van der Waals surface area (Å²) in [4.78, 5) is 16.2. The Bertz CT molecular complexity index is 581. The number of nitrogens with one attached hydrogen (secondary N) is 1. The minimum absolute atomic E-state index is 0.334. The van der Waals surface area contributed by atoms with Crippen LogP contribution in [0.3, 0.4) is 0 Å². The van der Waals surface area contributed by atoms with Crippen molar-refractivity contribution in [2.45, 2.75) is 6.04 Å². The van der Waals surface area contributed by atoms with E-state index in [1.807, 2.05) is 24.3 Å². The molecule has 0 aliphatic heterocycles. The Morgan fingerprint density at radius 2 is 2.10 bits per heavy atom. The molecule has 0 fully saturated rings. The lowest BCUT2D eigenvalue weighted by molar-refractivity contribution is -0.143. The smallest absolute Gasteiger partial charge is 0.327 e. The van der Waals surface area contributed by atoms with Gasteiger partial charge in [0.1, 0.15) is 6.04 Å². The number of nitrogens with zero attached hydrogens (tertiary/aromatic N) is 1. The van der Waals surface area contributed by atoms with E-state index in [1.54, 1.807) is 19.5 Å². The molecule has 0 amide bonds. The molecule has 2 rings (SSSR count). The standard InChI is InChI=1S/C15H18N2O3/c1-19-8-7-17-14(15(18)20-2)13-10-16-9-11-5-3-4-6-12(11)13/h3-6,9-10,14,17H,7-8H2,1-2H3. The van der Waals surface area contributed by atoms with Crippen LogP contribution in [-0.2, 0) is 14.3 Å². The van der Waals surface area contributed by atoms with Crippen molar-refractivity contribution in [3.63, 3.8) is 0 Å². The predicted octanol–water partition coefficient (Wildman–Crippen LogP) is 1.68. The number of hydrogen-bond donors (Lipinski definition) is 1. The van der Waals surface area contributed by atoms with Crippen LogP contribution in [-0.4, -0.2) is 38.3 Å².